The van der Waals surface area contributed by atoms with Crippen molar-refractivity contribution in [3.05, 3.63) is 142 Å². The van der Waals surface area contributed by atoms with Crippen molar-refractivity contribution in [1.82, 2.24) is 0 Å². The van der Waals surface area contributed by atoms with E-state index in [1.165, 1.54) is 92.8 Å². The van der Waals surface area contributed by atoms with Crippen molar-refractivity contribution in [3.8, 4) is 0 Å². The predicted octanol–water partition coefficient (Wildman–Crippen LogP) is 14.4. The van der Waals surface area contributed by atoms with Crippen molar-refractivity contribution in [2.24, 2.45) is 0 Å². The molecule has 304 valence electrons. The van der Waals surface area contributed by atoms with Crippen molar-refractivity contribution >= 4 is 35.8 Å². The molecule has 2 aliphatic rings. The molecule has 2 heterocycles. The summed E-state index contributed by atoms with van der Waals surface area (Å²) in [4.78, 5) is 24.1. The molecule has 0 saturated carbocycles. The highest BCUT2D eigenvalue weighted by Crippen LogP contribution is 2.53. The molecule has 4 unspecified atom stereocenters. The molecule has 0 aliphatic carbocycles. The van der Waals surface area contributed by atoms with Crippen LogP contribution in [-0.2, 0) is 20.4 Å². The number of benzene rings is 4. The molecule has 3 nitrogen and oxygen atoms in total. The Bertz CT molecular complexity index is 1930. The Hall–Kier alpha value is -3.54. The van der Waals surface area contributed by atoms with Gasteiger partial charge in [-0.2, -0.15) is 0 Å². The summed E-state index contributed by atoms with van der Waals surface area (Å²) in [5.74, 6) is 2.62. The number of allylic oxidation sites excluding steroid dienone is 2. The SMILES string of the molecule is Cc1ccc(C2(C)CSc3cc(C)ccc3C2CCCCCC=CCCC(=O)O)cc1.Cc1ccc(C2(C)CSc3cc(C)ccc3C2CCCCCC=O)cc1. The van der Waals surface area contributed by atoms with Crippen LogP contribution in [0.15, 0.2) is 107 Å². The zero-order chi connectivity index (χ0) is 40.8. The zero-order valence-corrected chi connectivity index (χ0v) is 37.1. The average molecular weight is 803 g/mol. The number of fused-ring (bicyclic) bond motifs is 2. The van der Waals surface area contributed by atoms with Gasteiger partial charge in [-0.15, -0.1) is 23.5 Å². The molecule has 0 spiro atoms. The van der Waals surface area contributed by atoms with Crippen molar-refractivity contribution in [3.63, 3.8) is 0 Å². The third kappa shape index (κ3) is 12.0. The molecule has 0 fully saturated rings. The smallest absolute Gasteiger partial charge is 0.303 e. The van der Waals surface area contributed by atoms with E-state index >= 15 is 0 Å². The molecule has 4 aromatic carbocycles. The van der Waals surface area contributed by atoms with Crippen LogP contribution < -0.4 is 0 Å². The van der Waals surface area contributed by atoms with Gasteiger partial charge in [0.15, 0.2) is 0 Å². The van der Waals surface area contributed by atoms with E-state index in [1.54, 1.807) is 0 Å². The van der Waals surface area contributed by atoms with E-state index < -0.39 is 5.97 Å². The Kier molecular flexibility index (Phi) is 16.8. The molecule has 2 aliphatic heterocycles. The number of hydrogen-bond donors (Lipinski definition) is 1. The van der Waals surface area contributed by atoms with Crippen LogP contribution in [0.3, 0.4) is 0 Å². The number of thioether (sulfide) groups is 2. The van der Waals surface area contributed by atoms with Gasteiger partial charge < -0.3 is 9.90 Å². The first-order valence-corrected chi connectivity index (χ1v) is 23.3. The van der Waals surface area contributed by atoms with Crippen molar-refractivity contribution in [2.75, 3.05) is 11.5 Å². The normalized spacial score (nSPS) is 21.3. The van der Waals surface area contributed by atoms with Gasteiger partial charge in [0.2, 0.25) is 0 Å². The number of carboxylic acids is 1. The monoisotopic (exact) mass is 802 g/mol. The lowest BCUT2D eigenvalue weighted by Gasteiger charge is -2.43. The molecule has 0 bridgehead atoms. The first-order chi connectivity index (χ1) is 27.4. The van der Waals surface area contributed by atoms with Gasteiger partial charge in [-0.05, 0) is 112 Å². The van der Waals surface area contributed by atoms with E-state index in [0.29, 0.717) is 24.7 Å². The van der Waals surface area contributed by atoms with Gasteiger partial charge in [-0.25, -0.2) is 0 Å². The zero-order valence-electron chi connectivity index (χ0n) is 35.4. The molecule has 4 aromatic rings. The van der Waals surface area contributed by atoms with Crippen LogP contribution in [0.1, 0.15) is 147 Å². The predicted molar refractivity (Wildman–Crippen MR) is 245 cm³/mol. The first-order valence-electron chi connectivity index (χ1n) is 21.4. The Morgan fingerprint density at radius 2 is 1.02 bits per heavy atom. The third-order valence-corrected chi connectivity index (χ3v) is 15.3. The fourth-order valence-electron chi connectivity index (χ4n) is 8.82. The van der Waals surface area contributed by atoms with Gasteiger partial charge in [-0.3, -0.25) is 4.79 Å². The summed E-state index contributed by atoms with van der Waals surface area (Å²) in [6, 6.07) is 32.3. The van der Waals surface area contributed by atoms with E-state index in [9.17, 15) is 9.59 Å². The molecule has 6 rings (SSSR count). The largest absolute Gasteiger partial charge is 0.481 e. The Balaban J connectivity index is 0.000000221. The quantitative estimate of drug-likeness (QED) is 0.0655. The van der Waals surface area contributed by atoms with Gasteiger partial charge in [0.05, 0.1) is 0 Å². The minimum atomic E-state index is -0.720. The first kappa shape index (κ1) is 44.6. The van der Waals surface area contributed by atoms with Crippen molar-refractivity contribution in [1.29, 1.82) is 0 Å². The summed E-state index contributed by atoms with van der Waals surface area (Å²) in [5, 5.41) is 8.70. The van der Waals surface area contributed by atoms with E-state index in [0.717, 1.165) is 37.1 Å². The lowest BCUT2D eigenvalue weighted by molar-refractivity contribution is -0.136. The Morgan fingerprint density at radius 3 is 1.46 bits per heavy atom. The lowest BCUT2D eigenvalue weighted by Crippen LogP contribution is -2.36. The van der Waals surface area contributed by atoms with Crippen LogP contribution in [0.5, 0.6) is 0 Å². The summed E-state index contributed by atoms with van der Waals surface area (Å²) in [6.45, 7) is 13.6. The van der Waals surface area contributed by atoms with Crippen LogP contribution in [0.4, 0.5) is 0 Å². The lowest BCUT2D eigenvalue weighted by atomic mass is 9.67. The molecule has 1 N–H and O–H groups in total. The summed E-state index contributed by atoms with van der Waals surface area (Å²) in [5.41, 5.74) is 11.6. The highest BCUT2D eigenvalue weighted by Gasteiger charge is 2.42. The van der Waals surface area contributed by atoms with Gasteiger partial charge >= 0.3 is 5.97 Å². The van der Waals surface area contributed by atoms with Crippen molar-refractivity contribution < 1.29 is 14.7 Å². The number of unbranched alkanes of at least 4 members (excludes halogenated alkanes) is 6. The highest BCUT2D eigenvalue weighted by atomic mass is 32.2. The number of hydrogen-bond acceptors (Lipinski definition) is 4. The van der Waals surface area contributed by atoms with Gasteiger partial charge in [0.25, 0.3) is 0 Å². The molecule has 0 radical (unpaired) electrons. The van der Waals surface area contributed by atoms with E-state index in [4.69, 9.17) is 5.11 Å². The third-order valence-electron chi connectivity index (χ3n) is 12.5. The maximum atomic E-state index is 10.6. The fraction of sp³-hybridized carbons (Fsp3) is 0.462. The second kappa shape index (κ2) is 21.5. The molecule has 0 aromatic heterocycles. The maximum absolute atomic E-state index is 10.6. The van der Waals surface area contributed by atoms with Crippen LogP contribution in [0, 0.1) is 27.7 Å². The standard InChI is InChI=1S/C28H36O2S.C24H30OS/c1-21-13-16-23(17-14-21)28(3)20-31-26-19-22(2)15-18-24(26)25(28)11-9-7-5-4-6-8-10-12-27(29)30;1-18-9-12-20(13-10-18)24(3)17-26-23-16-19(2)11-14-21(23)22(24)8-6-4-5-7-15-25/h6,8,13-19,25H,4-5,7,9-12,20H2,1-3H3,(H,29,30);9-16,22H,4-8,17H2,1-3H3. The van der Waals surface area contributed by atoms with Gasteiger partial charge in [-0.1, -0.05) is 147 Å². The molecule has 4 atom stereocenters. The maximum Gasteiger partial charge on any atom is 0.303 e. The Morgan fingerprint density at radius 1 is 0.596 bits per heavy atom. The summed E-state index contributed by atoms with van der Waals surface area (Å²) < 4.78 is 0. The number of aldehydes is 1. The number of carboxylic acid groups (broad SMARTS) is 1. The molecule has 0 amide bonds. The van der Waals surface area contributed by atoms with Crippen LogP contribution >= 0.6 is 23.5 Å². The second-order valence-corrected chi connectivity index (χ2v) is 19.2. The second-order valence-electron chi connectivity index (χ2n) is 17.2. The van der Waals surface area contributed by atoms with Crippen LogP contribution in [0.25, 0.3) is 0 Å². The van der Waals surface area contributed by atoms with E-state index in [1.807, 2.05) is 29.6 Å². The van der Waals surface area contributed by atoms with E-state index in [2.05, 4.69) is 133 Å². The molecule has 0 saturated heterocycles. The van der Waals surface area contributed by atoms with Gasteiger partial charge in [0.1, 0.15) is 6.29 Å². The van der Waals surface area contributed by atoms with Crippen LogP contribution in [-0.4, -0.2) is 28.9 Å². The summed E-state index contributed by atoms with van der Waals surface area (Å²) >= 11 is 4.03. The fourth-order valence-corrected chi connectivity index (χ4v) is 11.8. The average Bonchev–Trinajstić information content (AvgIpc) is 3.19. The minimum Gasteiger partial charge on any atom is -0.481 e. The Labute approximate surface area is 352 Å². The van der Waals surface area contributed by atoms with Crippen molar-refractivity contribution in [2.45, 2.75) is 151 Å². The highest BCUT2D eigenvalue weighted by molar-refractivity contribution is 7.99. The minimum absolute atomic E-state index is 0.150. The van der Waals surface area contributed by atoms with Crippen LogP contribution in [0.2, 0.25) is 0 Å². The molecule has 5 heteroatoms. The molecule has 57 heavy (non-hydrogen) atoms. The topological polar surface area (TPSA) is 54.4 Å². The summed E-state index contributed by atoms with van der Waals surface area (Å²) in [7, 11) is 0. The number of rotatable bonds is 17. The number of carbonyl (C=O) groups is 2. The number of aliphatic carboxylic acids is 1. The summed E-state index contributed by atoms with van der Waals surface area (Å²) in [6.07, 6.45) is 17.2. The molecular formula is C52H66O3S2. The van der Waals surface area contributed by atoms with Gasteiger partial charge in [0, 0.05) is 45.0 Å². The number of carbonyl (C=O) groups excluding carboxylic acids is 1. The molecular weight excluding hydrogens is 737 g/mol. The number of aryl methyl sites for hydroxylation is 4. The van der Waals surface area contributed by atoms with E-state index in [-0.39, 0.29) is 17.3 Å².